The maximum atomic E-state index is 13.3. The minimum Gasteiger partial charge on any atom is -0.445 e. The summed E-state index contributed by atoms with van der Waals surface area (Å²) in [6.45, 7) is 12.9. The molecule has 0 radical (unpaired) electrons. The van der Waals surface area contributed by atoms with E-state index in [0.29, 0.717) is 42.3 Å². The van der Waals surface area contributed by atoms with Gasteiger partial charge in [0.1, 0.15) is 24.7 Å². The van der Waals surface area contributed by atoms with Crippen molar-refractivity contribution >= 4 is 37.1 Å². The molecule has 2 aromatic heterocycles. The summed E-state index contributed by atoms with van der Waals surface area (Å²) < 4.78 is 18.6. The molecular formula is C31H46N6O5Si. The summed E-state index contributed by atoms with van der Waals surface area (Å²) in [4.78, 5) is 37.5. The first-order chi connectivity index (χ1) is 20.5. The average molecular weight is 611 g/mol. The Bertz CT molecular complexity index is 1360. The quantitative estimate of drug-likeness (QED) is 0.202. The number of amides is 2. The fourth-order valence-electron chi connectivity index (χ4n) is 5.01. The molecule has 1 aromatic carbocycles. The van der Waals surface area contributed by atoms with E-state index in [9.17, 15) is 9.59 Å². The average Bonchev–Trinajstić information content (AvgIpc) is 3.33. The highest BCUT2D eigenvalue weighted by Crippen LogP contribution is 2.24. The molecule has 1 aliphatic heterocycles. The number of likely N-dealkylation sites (tertiary alicyclic amines) is 1. The van der Waals surface area contributed by atoms with Gasteiger partial charge in [0.2, 0.25) is 0 Å². The Morgan fingerprint density at radius 3 is 2.65 bits per heavy atom. The number of ether oxygens (including phenoxy) is 3. The summed E-state index contributed by atoms with van der Waals surface area (Å²) in [5, 5.41) is 6.43. The van der Waals surface area contributed by atoms with E-state index in [1.165, 1.54) is 0 Å². The number of piperidine rings is 1. The molecule has 0 bridgehead atoms. The summed E-state index contributed by atoms with van der Waals surface area (Å²) in [5.74, 6) is 0.293. The first-order valence-corrected chi connectivity index (χ1v) is 18.7. The fourth-order valence-corrected chi connectivity index (χ4v) is 5.77. The van der Waals surface area contributed by atoms with Gasteiger partial charge >= 0.3 is 6.09 Å². The van der Waals surface area contributed by atoms with Crippen LogP contribution in [0.25, 0.3) is 11.2 Å². The highest BCUT2D eigenvalue weighted by molar-refractivity contribution is 6.76. The van der Waals surface area contributed by atoms with Crippen LogP contribution in [-0.2, 0) is 27.5 Å². The third-order valence-corrected chi connectivity index (χ3v) is 9.21. The van der Waals surface area contributed by atoms with Gasteiger partial charge in [-0.25, -0.2) is 14.8 Å². The van der Waals surface area contributed by atoms with Gasteiger partial charge < -0.3 is 34.3 Å². The zero-order valence-electron chi connectivity index (χ0n) is 26.3. The lowest BCUT2D eigenvalue weighted by Gasteiger charge is -2.37. The molecule has 43 heavy (non-hydrogen) atoms. The van der Waals surface area contributed by atoms with Crippen LogP contribution in [0.5, 0.6) is 0 Å². The SMILES string of the molecule is COC[C@@H](C)NC(=O)c1cn(COCC[Si](C)(C)C)c2ncc(NC3CC[C@@H](C)N(C(=O)OCc4ccccc4)C3)nc12. The van der Waals surface area contributed by atoms with Crippen LogP contribution in [0.3, 0.4) is 0 Å². The maximum absolute atomic E-state index is 13.3. The number of hydrogen-bond donors (Lipinski definition) is 2. The highest BCUT2D eigenvalue weighted by atomic mass is 28.3. The van der Waals surface area contributed by atoms with E-state index in [-0.39, 0.29) is 43.5 Å². The Balaban J connectivity index is 1.48. The van der Waals surface area contributed by atoms with E-state index in [2.05, 4.69) is 35.3 Å². The number of carbonyl (C=O) groups is 2. The molecule has 4 rings (SSSR count). The Kier molecular flexibility index (Phi) is 11.2. The number of fused-ring (bicyclic) bond motifs is 1. The zero-order valence-corrected chi connectivity index (χ0v) is 27.3. The molecule has 0 saturated carbocycles. The van der Waals surface area contributed by atoms with E-state index < -0.39 is 8.07 Å². The molecule has 1 fully saturated rings. The van der Waals surface area contributed by atoms with Crippen molar-refractivity contribution in [2.24, 2.45) is 0 Å². The van der Waals surface area contributed by atoms with Crippen molar-refractivity contribution in [1.29, 1.82) is 0 Å². The van der Waals surface area contributed by atoms with Crippen molar-refractivity contribution in [2.45, 2.75) is 83.8 Å². The predicted molar refractivity (Wildman–Crippen MR) is 170 cm³/mol. The molecule has 3 heterocycles. The molecule has 234 valence electrons. The van der Waals surface area contributed by atoms with Gasteiger partial charge in [-0.15, -0.1) is 0 Å². The number of hydrogen-bond acceptors (Lipinski definition) is 8. The number of nitrogens with zero attached hydrogens (tertiary/aromatic N) is 4. The molecule has 11 nitrogen and oxygen atoms in total. The van der Waals surface area contributed by atoms with Gasteiger partial charge in [-0.3, -0.25) is 4.79 Å². The molecule has 12 heteroatoms. The zero-order chi connectivity index (χ0) is 31.0. The van der Waals surface area contributed by atoms with E-state index >= 15 is 0 Å². The molecule has 3 aromatic rings. The molecule has 1 aliphatic rings. The number of anilines is 1. The summed E-state index contributed by atoms with van der Waals surface area (Å²) in [6, 6.07) is 10.6. The standard InChI is InChI=1S/C31H46N6O5Si/c1-22(19-40-3)33-30(38)26-18-36(21-41-14-15-43(4,5)6)29-28(26)35-27(16-32-29)34-25-13-12-23(2)37(17-25)31(39)42-20-24-10-8-7-9-11-24/h7-11,16,18,22-23,25H,12-15,17,19-21H2,1-6H3,(H,33,38)(H,34,35)/t22-,23-,25?/m1/s1. The second-order valence-electron chi connectivity index (χ2n) is 12.6. The second kappa shape index (κ2) is 14.8. The predicted octanol–water partition coefficient (Wildman–Crippen LogP) is 5.11. The molecule has 0 aliphatic carbocycles. The molecule has 2 N–H and O–H groups in total. The van der Waals surface area contributed by atoms with Crippen molar-refractivity contribution in [3.63, 3.8) is 0 Å². The first kappa shape index (κ1) is 32.4. The summed E-state index contributed by atoms with van der Waals surface area (Å²) in [7, 11) is 0.370. The van der Waals surface area contributed by atoms with Crippen molar-refractivity contribution in [3.05, 3.63) is 53.9 Å². The monoisotopic (exact) mass is 610 g/mol. The van der Waals surface area contributed by atoms with Gasteiger partial charge in [-0.05, 0) is 38.3 Å². The molecule has 2 amide bonds. The van der Waals surface area contributed by atoms with Gasteiger partial charge in [-0.2, -0.15) is 0 Å². The molecule has 1 unspecified atom stereocenters. The van der Waals surface area contributed by atoms with E-state index in [4.69, 9.17) is 19.2 Å². The van der Waals surface area contributed by atoms with E-state index in [1.54, 1.807) is 24.4 Å². The summed E-state index contributed by atoms with van der Waals surface area (Å²) in [6.07, 6.45) is 4.78. The van der Waals surface area contributed by atoms with Crippen molar-refractivity contribution in [3.8, 4) is 0 Å². The maximum Gasteiger partial charge on any atom is 0.410 e. The van der Waals surface area contributed by atoms with Crippen LogP contribution in [0.2, 0.25) is 25.7 Å². The molecule has 3 atom stereocenters. The minimum atomic E-state index is -1.23. The third kappa shape index (κ3) is 9.25. The van der Waals surface area contributed by atoms with Crippen molar-refractivity contribution < 1.29 is 23.8 Å². The Morgan fingerprint density at radius 1 is 1.16 bits per heavy atom. The molecule has 1 saturated heterocycles. The minimum absolute atomic E-state index is 0.0433. The summed E-state index contributed by atoms with van der Waals surface area (Å²) >= 11 is 0. The fraction of sp³-hybridized carbons (Fsp3) is 0.548. The lowest BCUT2D eigenvalue weighted by atomic mass is 10.00. The number of rotatable bonds is 13. The van der Waals surface area contributed by atoms with Crippen LogP contribution >= 0.6 is 0 Å². The first-order valence-electron chi connectivity index (χ1n) is 15.0. The smallest absolute Gasteiger partial charge is 0.410 e. The Hall–Kier alpha value is -3.48. The lowest BCUT2D eigenvalue weighted by Crippen LogP contribution is -2.49. The Morgan fingerprint density at radius 2 is 1.93 bits per heavy atom. The number of methoxy groups -OCH3 is 1. The van der Waals surface area contributed by atoms with Crippen LogP contribution < -0.4 is 10.6 Å². The topological polar surface area (TPSA) is 120 Å². The van der Waals surface area contributed by atoms with Crippen LogP contribution in [0, 0.1) is 0 Å². The number of aromatic nitrogens is 3. The van der Waals surface area contributed by atoms with Gasteiger partial charge in [0.05, 0.1) is 18.4 Å². The van der Waals surface area contributed by atoms with Crippen molar-refractivity contribution in [1.82, 2.24) is 24.8 Å². The largest absolute Gasteiger partial charge is 0.445 e. The van der Waals surface area contributed by atoms with Gasteiger partial charge in [0, 0.05) is 52.7 Å². The normalized spacial score (nSPS) is 18.0. The summed E-state index contributed by atoms with van der Waals surface area (Å²) in [5.41, 5.74) is 2.44. The third-order valence-electron chi connectivity index (χ3n) is 7.50. The van der Waals surface area contributed by atoms with Crippen LogP contribution in [0.4, 0.5) is 10.6 Å². The van der Waals surface area contributed by atoms with E-state index in [1.807, 2.05) is 48.7 Å². The van der Waals surface area contributed by atoms with Gasteiger partial charge in [-0.1, -0.05) is 50.0 Å². The molecule has 0 spiro atoms. The van der Waals surface area contributed by atoms with Crippen LogP contribution in [0.1, 0.15) is 42.6 Å². The molecular weight excluding hydrogens is 564 g/mol. The number of benzene rings is 1. The van der Waals surface area contributed by atoms with Gasteiger partial charge in [0.25, 0.3) is 5.91 Å². The van der Waals surface area contributed by atoms with Crippen LogP contribution in [-0.4, -0.2) is 84.5 Å². The highest BCUT2D eigenvalue weighted by Gasteiger charge is 2.30. The second-order valence-corrected chi connectivity index (χ2v) is 18.2. The number of nitrogens with one attached hydrogen (secondary N) is 2. The van der Waals surface area contributed by atoms with E-state index in [0.717, 1.165) is 24.4 Å². The van der Waals surface area contributed by atoms with Crippen LogP contribution in [0.15, 0.2) is 42.7 Å². The Labute approximate surface area is 255 Å². The van der Waals surface area contributed by atoms with Gasteiger partial charge in [0.15, 0.2) is 5.65 Å². The number of carbonyl (C=O) groups excluding carboxylic acids is 2. The lowest BCUT2D eigenvalue weighted by molar-refractivity contribution is 0.0695. The van der Waals surface area contributed by atoms with Crippen molar-refractivity contribution in [2.75, 3.05) is 32.2 Å².